The highest BCUT2D eigenvalue weighted by molar-refractivity contribution is 5.80. The van der Waals surface area contributed by atoms with Crippen LogP contribution in [0.5, 0.6) is 0 Å². The molecule has 1 aliphatic carbocycles. The summed E-state index contributed by atoms with van der Waals surface area (Å²) in [6.45, 7) is 8.11. The van der Waals surface area contributed by atoms with Gasteiger partial charge in [-0.05, 0) is 25.8 Å². The Balaban J connectivity index is 1.65. The monoisotopic (exact) mass is 312 g/mol. The summed E-state index contributed by atoms with van der Waals surface area (Å²) in [4.78, 5) is 16.9. The maximum atomic E-state index is 12.6. The lowest BCUT2D eigenvalue weighted by atomic mass is 9.81. The standard InChI is InChI=1S/C16H28N2O4/c1-2-3-17-4-7-22-16(10-17)11-18(5-6-21-12-16)15(20)13-8-14(19)9-13/h13-14,19H,2-12H2,1H3/t13?,14?,16-/m1/s1. The third-order valence-corrected chi connectivity index (χ3v) is 4.99. The second-order valence-corrected chi connectivity index (χ2v) is 6.94. The number of aliphatic hydroxyl groups is 1. The van der Waals surface area contributed by atoms with Crippen molar-refractivity contribution < 1.29 is 19.4 Å². The predicted molar refractivity (Wildman–Crippen MR) is 81.5 cm³/mol. The van der Waals surface area contributed by atoms with E-state index in [1.54, 1.807) is 0 Å². The molecule has 1 spiro atoms. The Kier molecular flexibility index (Phi) is 5.02. The van der Waals surface area contributed by atoms with E-state index in [0.29, 0.717) is 45.8 Å². The van der Waals surface area contributed by atoms with Gasteiger partial charge < -0.3 is 19.5 Å². The molecule has 3 aliphatic rings. The topological polar surface area (TPSA) is 62.2 Å². The van der Waals surface area contributed by atoms with Crippen LogP contribution >= 0.6 is 0 Å². The fourth-order valence-corrected chi connectivity index (χ4v) is 3.75. The minimum atomic E-state index is -0.387. The quantitative estimate of drug-likeness (QED) is 0.801. The smallest absolute Gasteiger partial charge is 0.226 e. The number of aliphatic hydroxyl groups excluding tert-OH is 1. The van der Waals surface area contributed by atoms with Crippen molar-refractivity contribution in [3.8, 4) is 0 Å². The molecule has 6 nitrogen and oxygen atoms in total. The normalized spacial score (nSPS) is 36.9. The minimum Gasteiger partial charge on any atom is -0.393 e. The van der Waals surface area contributed by atoms with Gasteiger partial charge in [-0.25, -0.2) is 0 Å². The summed E-state index contributed by atoms with van der Waals surface area (Å²) in [5, 5.41) is 9.43. The van der Waals surface area contributed by atoms with Gasteiger partial charge in [0, 0.05) is 25.6 Å². The molecule has 1 atom stereocenters. The first-order valence-corrected chi connectivity index (χ1v) is 8.53. The zero-order valence-electron chi connectivity index (χ0n) is 13.5. The summed E-state index contributed by atoms with van der Waals surface area (Å²) >= 11 is 0. The van der Waals surface area contributed by atoms with E-state index < -0.39 is 0 Å². The highest BCUT2D eigenvalue weighted by Crippen LogP contribution is 2.31. The number of rotatable bonds is 3. The molecule has 1 saturated carbocycles. The molecule has 126 valence electrons. The van der Waals surface area contributed by atoms with E-state index in [0.717, 1.165) is 26.1 Å². The number of carbonyl (C=O) groups excluding carboxylic acids is 1. The first-order valence-electron chi connectivity index (χ1n) is 8.53. The number of carbonyl (C=O) groups is 1. The van der Waals surface area contributed by atoms with Crippen LogP contribution in [0.25, 0.3) is 0 Å². The van der Waals surface area contributed by atoms with E-state index in [4.69, 9.17) is 9.47 Å². The van der Waals surface area contributed by atoms with Crippen molar-refractivity contribution in [3.05, 3.63) is 0 Å². The fraction of sp³-hybridized carbons (Fsp3) is 0.938. The van der Waals surface area contributed by atoms with Crippen molar-refractivity contribution in [2.24, 2.45) is 5.92 Å². The van der Waals surface area contributed by atoms with Crippen LogP contribution in [0.15, 0.2) is 0 Å². The maximum Gasteiger partial charge on any atom is 0.226 e. The molecular formula is C16H28N2O4. The lowest BCUT2D eigenvalue weighted by Crippen LogP contribution is -2.60. The molecule has 0 unspecified atom stereocenters. The van der Waals surface area contributed by atoms with Gasteiger partial charge in [0.05, 0.1) is 32.5 Å². The summed E-state index contributed by atoms with van der Waals surface area (Å²) in [6, 6.07) is 0. The zero-order chi connectivity index (χ0) is 15.6. The molecule has 2 aliphatic heterocycles. The first kappa shape index (κ1) is 16.2. The van der Waals surface area contributed by atoms with Gasteiger partial charge in [0.15, 0.2) is 0 Å². The van der Waals surface area contributed by atoms with Gasteiger partial charge >= 0.3 is 0 Å². The Hall–Kier alpha value is -0.690. The lowest BCUT2D eigenvalue weighted by Gasteiger charge is -2.44. The summed E-state index contributed by atoms with van der Waals surface area (Å²) in [5.41, 5.74) is -0.387. The van der Waals surface area contributed by atoms with Crippen molar-refractivity contribution >= 4 is 5.91 Å². The molecule has 1 amide bonds. The SMILES string of the molecule is CCCN1CCO[C@]2(COCCN(C(=O)C3CC(O)C3)C2)C1. The second-order valence-electron chi connectivity index (χ2n) is 6.94. The molecule has 3 rings (SSSR count). The fourth-order valence-electron chi connectivity index (χ4n) is 3.75. The molecule has 0 radical (unpaired) electrons. The Labute approximate surface area is 132 Å². The van der Waals surface area contributed by atoms with E-state index in [1.165, 1.54) is 0 Å². The Bertz CT molecular complexity index is 398. The van der Waals surface area contributed by atoms with Gasteiger partial charge in [0.25, 0.3) is 0 Å². The molecule has 0 bridgehead atoms. The van der Waals surface area contributed by atoms with E-state index in [1.807, 2.05) is 4.90 Å². The summed E-state index contributed by atoms with van der Waals surface area (Å²) < 4.78 is 11.8. The Morgan fingerprint density at radius 1 is 1.27 bits per heavy atom. The largest absolute Gasteiger partial charge is 0.393 e. The van der Waals surface area contributed by atoms with Crippen molar-refractivity contribution in [3.63, 3.8) is 0 Å². The van der Waals surface area contributed by atoms with Gasteiger partial charge in [-0.2, -0.15) is 0 Å². The maximum absolute atomic E-state index is 12.6. The molecular weight excluding hydrogens is 284 g/mol. The van der Waals surface area contributed by atoms with Crippen LogP contribution in [0, 0.1) is 5.92 Å². The van der Waals surface area contributed by atoms with Crippen LogP contribution in [0.1, 0.15) is 26.2 Å². The molecule has 2 saturated heterocycles. The van der Waals surface area contributed by atoms with Crippen molar-refractivity contribution in [2.75, 3.05) is 52.5 Å². The van der Waals surface area contributed by atoms with Gasteiger partial charge in [0.1, 0.15) is 5.60 Å². The van der Waals surface area contributed by atoms with Crippen LogP contribution in [0.3, 0.4) is 0 Å². The average Bonchev–Trinajstić information content (AvgIpc) is 2.67. The van der Waals surface area contributed by atoms with E-state index in [9.17, 15) is 9.90 Å². The molecule has 0 aromatic rings. The highest BCUT2D eigenvalue weighted by atomic mass is 16.5. The van der Waals surface area contributed by atoms with Crippen LogP contribution in [0.2, 0.25) is 0 Å². The van der Waals surface area contributed by atoms with Gasteiger partial charge in [-0.15, -0.1) is 0 Å². The Morgan fingerprint density at radius 3 is 2.82 bits per heavy atom. The van der Waals surface area contributed by atoms with Gasteiger partial charge in [-0.3, -0.25) is 9.69 Å². The predicted octanol–water partition coefficient (Wildman–Crippen LogP) is 0.0971. The van der Waals surface area contributed by atoms with E-state index in [-0.39, 0.29) is 23.5 Å². The van der Waals surface area contributed by atoms with Crippen molar-refractivity contribution in [1.29, 1.82) is 0 Å². The third-order valence-electron chi connectivity index (χ3n) is 4.99. The number of hydrogen-bond acceptors (Lipinski definition) is 5. The van der Waals surface area contributed by atoms with Gasteiger partial charge in [0.2, 0.25) is 5.91 Å². The molecule has 0 aromatic carbocycles. The number of nitrogens with zero attached hydrogens (tertiary/aromatic N) is 2. The summed E-state index contributed by atoms with van der Waals surface area (Å²) in [6.07, 6.45) is 2.04. The van der Waals surface area contributed by atoms with Crippen LogP contribution in [0.4, 0.5) is 0 Å². The lowest BCUT2D eigenvalue weighted by molar-refractivity contribution is -0.157. The summed E-state index contributed by atoms with van der Waals surface area (Å²) in [7, 11) is 0. The van der Waals surface area contributed by atoms with Crippen LogP contribution in [-0.4, -0.2) is 85.1 Å². The zero-order valence-corrected chi connectivity index (χ0v) is 13.5. The second kappa shape index (κ2) is 6.83. The Morgan fingerprint density at radius 2 is 2.09 bits per heavy atom. The molecule has 6 heteroatoms. The minimum absolute atomic E-state index is 0.0134. The third kappa shape index (κ3) is 3.45. The number of amides is 1. The molecule has 1 N–H and O–H groups in total. The molecule has 3 fully saturated rings. The number of hydrogen-bond donors (Lipinski definition) is 1. The van der Waals surface area contributed by atoms with Gasteiger partial charge in [-0.1, -0.05) is 6.92 Å². The molecule has 2 heterocycles. The van der Waals surface area contributed by atoms with Crippen molar-refractivity contribution in [2.45, 2.75) is 37.9 Å². The number of morpholine rings is 1. The molecule has 0 aromatic heterocycles. The average molecular weight is 312 g/mol. The van der Waals surface area contributed by atoms with E-state index >= 15 is 0 Å². The summed E-state index contributed by atoms with van der Waals surface area (Å²) in [5.74, 6) is 0.145. The van der Waals surface area contributed by atoms with Crippen LogP contribution < -0.4 is 0 Å². The highest BCUT2D eigenvalue weighted by Gasteiger charge is 2.43. The number of ether oxygens (including phenoxy) is 2. The van der Waals surface area contributed by atoms with Crippen molar-refractivity contribution in [1.82, 2.24) is 9.80 Å². The van der Waals surface area contributed by atoms with Crippen LogP contribution in [-0.2, 0) is 14.3 Å². The molecule has 22 heavy (non-hydrogen) atoms. The van der Waals surface area contributed by atoms with E-state index in [2.05, 4.69) is 11.8 Å². The first-order chi connectivity index (χ1) is 10.6.